The first kappa shape index (κ1) is 10.9. The fourth-order valence-corrected chi connectivity index (χ4v) is 2.03. The molecule has 0 N–H and O–H groups in total. The molecule has 0 aromatic carbocycles. The van der Waals surface area contributed by atoms with Crippen molar-refractivity contribution >= 4 is 11.8 Å². The third kappa shape index (κ3) is 2.73. The number of halogens is 1. The second kappa shape index (κ2) is 4.52. The van der Waals surface area contributed by atoms with E-state index < -0.39 is 5.95 Å². The lowest BCUT2D eigenvalue weighted by Gasteiger charge is -2.01. The number of aryl methyl sites for hydroxylation is 2. The van der Waals surface area contributed by atoms with Crippen molar-refractivity contribution in [2.24, 2.45) is 0 Å². The number of aromatic nitrogens is 4. The Hall–Kier alpha value is -1.56. The van der Waals surface area contributed by atoms with Crippen molar-refractivity contribution in [2.45, 2.75) is 24.0 Å². The zero-order chi connectivity index (χ0) is 11.5. The summed E-state index contributed by atoms with van der Waals surface area (Å²) in [5.74, 6) is -0.554. The lowest BCUT2D eigenvalue weighted by Crippen LogP contribution is -1.94. The lowest BCUT2D eigenvalue weighted by molar-refractivity contribution is 0.572. The summed E-state index contributed by atoms with van der Waals surface area (Å²) in [6, 6.07) is 3.14. The highest BCUT2D eigenvalue weighted by Gasteiger charge is 2.04. The highest BCUT2D eigenvalue weighted by Crippen LogP contribution is 2.22. The van der Waals surface area contributed by atoms with Crippen LogP contribution in [0.25, 0.3) is 0 Å². The maximum Gasteiger partial charge on any atom is 0.217 e. The first-order valence-corrected chi connectivity index (χ1v) is 5.43. The van der Waals surface area contributed by atoms with Crippen molar-refractivity contribution in [1.29, 1.82) is 0 Å². The van der Waals surface area contributed by atoms with Crippen LogP contribution in [0.2, 0.25) is 0 Å². The Morgan fingerprint density at radius 1 is 1.06 bits per heavy atom. The van der Waals surface area contributed by atoms with Gasteiger partial charge in [0.05, 0.1) is 0 Å². The summed E-state index contributed by atoms with van der Waals surface area (Å²) < 4.78 is 12.8. The maximum absolute atomic E-state index is 12.8. The summed E-state index contributed by atoms with van der Waals surface area (Å²) in [5, 5.41) is 1.06. The molecular formula is C10H9FN4S. The smallest absolute Gasteiger partial charge is 0.217 e. The normalized spacial score (nSPS) is 10.4. The Labute approximate surface area is 96.4 Å². The van der Waals surface area contributed by atoms with E-state index in [1.165, 1.54) is 24.2 Å². The van der Waals surface area contributed by atoms with Gasteiger partial charge >= 0.3 is 0 Å². The molecular weight excluding hydrogens is 227 g/mol. The average molecular weight is 236 g/mol. The summed E-state index contributed by atoms with van der Waals surface area (Å²) in [6.45, 7) is 3.78. The van der Waals surface area contributed by atoms with Gasteiger partial charge in [0.15, 0.2) is 5.16 Å². The van der Waals surface area contributed by atoms with E-state index in [0.29, 0.717) is 10.2 Å². The number of rotatable bonds is 2. The standard InChI is InChI=1S/C10H9FN4S/c1-6-3-7(2)15-10(14-6)16-9-4-8(11)12-5-13-9/h3-5H,1-2H3. The van der Waals surface area contributed by atoms with E-state index in [1.54, 1.807) is 0 Å². The molecule has 0 saturated carbocycles. The molecule has 0 atom stereocenters. The second-order valence-electron chi connectivity index (χ2n) is 3.21. The van der Waals surface area contributed by atoms with Gasteiger partial charge in [-0.3, -0.25) is 0 Å². The maximum atomic E-state index is 12.8. The van der Waals surface area contributed by atoms with Gasteiger partial charge in [0.2, 0.25) is 5.95 Å². The molecule has 2 aromatic rings. The summed E-state index contributed by atoms with van der Waals surface area (Å²) in [7, 11) is 0. The van der Waals surface area contributed by atoms with Crippen molar-refractivity contribution in [3.05, 3.63) is 35.8 Å². The van der Waals surface area contributed by atoms with Gasteiger partial charge in [-0.25, -0.2) is 19.9 Å². The Bertz CT molecular complexity index is 498. The fraction of sp³-hybridized carbons (Fsp3) is 0.200. The largest absolute Gasteiger partial charge is 0.229 e. The fourth-order valence-electron chi connectivity index (χ4n) is 1.21. The van der Waals surface area contributed by atoms with E-state index in [0.717, 1.165) is 11.4 Å². The lowest BCUT2D eigenvalue weighted by atomic mass is 10.4. The van der Waals surface area contributed by atoms with Crippen molar-refractivity contribution in [1.82, 2.24) is 19.9 Å². The minimum atomic E-state index is -0.554. The SMILES string of the molecule is Cc1cc(C)nc(Sc2cc(F)ncn2)n1. The van der Waals surface area contributed by atoms with Crippen molar-refractivity contribution < 1.29 is 4.39 Å². The Morgan fingerprint density at radius 3 is 2.38 bits per heavy atom. The third-order valence-corrected chi connectivity index (χ3v) is 2.56. The Balaban J connectivity index is 2.27. The first-order valence-electron chi connectivity index (χ1n) is 4.61. The first-order chi connectivity index (χ1) is 7.63. The van der Waals surface area contributed by atoms with Crippen LogP contribution < -0.4 is 0 Å². The second-order valence-corrected chi connectivity index (χ2v) is 4.20. The van der Waals surface area contributed by atoms with Gasteiger partial charge in [-0.2, -0.15) is 4.39 Å². The van der Waals surface area contributed by atoms with Gasteiger partial charge in [-0.1, -0.05) is 0 Å². The topological polar surface area (TPSA) is 51.6 Å². The van der Waals surface area contributed by atoms with Crippen LogP contribution in [-0.4, -0.2) is 19.9 Å². The monoisotopic (exact) mass is 236 g/mol. The van der Waals surface area contributed by atoms with E-state index in [4.69, 9.17) is 0 Å². The van der Waals surface area contributed by atoms with Crippen LogP contribution in [0.5, 0.6) is 0 Å². The predicted octanol–water partition coefficient (Wildman–Crippen LogP) is 2.17. The summed E-state index contributed by atoms with van der Waals surface area (Å²) in [6.07, 6.45) is 1.18. The van der Waals surface area contributed by atoms with Crippen LogP contribution in [0.3, 0.4) is 0 Å². The van der Waals surface area contributed by atoms with Gasteiger partial charge in [-0.05, 0) is 31.7 Å². The molecule has 4 nitrogen and oxygen atoms in total. The van der Waals surface area contributed by atoms with Crippen molar-refractivity contribution in [3.63, 3.8) is 0 Å². The number of hydrogen-bond acceptors (Lipinski definition) is 5. The average Bonchev–Trinajstić information content (AvgIpc) is 2.15. The van der Waals surface area contributed by atoms with Crippen molar-refractivity contribution in [3.8, 4) is 0 Å². The summed E-state index contributed by atoms with van der Waals surface area (Å²) in [5.41, 5.74) is 1.76. The van der Waals surface area contributed by atoms with Gasteiger partial charge < -0.3 is 0 Å². The molecule has 2 aromatic heterocycles. The third-order valence-electron chi connectivity index (χ3n) is 1.77. The zero-order valence-corrected chi connectivity index (χ0v) is 9.62. The van der Waals surface area contributed by atoms with E-state index in [1.807, 2.05) is 19.9 Å². The minimum Gasteiger partial charge on any atom is -0.229 e. The molecule has 82 valence electrons. The van der Waals surface area contributed by atoms with Crippen LogP contribution in [-0.2, 0) is 0 Å². The molecule has 16 heavy (non-hydrogen) atoms. The molecule has 0 aliphatic carbocycles. The molecule has 0 aliphatic rings. The van der Waals surface area contributed by atoms with Gasteiger partial charge in [0, 0.05) is 17.5 Å². The Kier molecular flexibility index (Phi) is 3.09. The molecule has 0 unspecified atom stereocenters. The van der Waals surface area contributed by atoms with Gasteiger partial charge in [0.1, 0.15) is 11.4 Å². The van der Waals surface area contributed by atoms with Crippen LogP contribution in [0.15, 0.2) is 28.6 Å². The Morgan fingerprint density at radius 2 is 1.75 bits per heavy atom. The zero-order valence-electron chi connectivity index (χ0n) is 8.81. The van der Waals surface area contributed by atoms with Crippen LogP contribution in [0.1, 0.15) is 11.4 Å². The molecule has 0 amide bonds. The molecule has 2 heterocycles. The van der Waals surface area contributed by atoms with Crippen LogP contribution in [0.4, 0.5) is 4.39 Å². The van der Waals surface area contributed by atoms with Crippen molar-refractivity contribution in [2.75, 3.05) is 0 Å². The molecule has 0 radical (unpaired) electrons. The minimum absolute atomic E-state index is 0.498. The summed E-state index contributed by atoms with van der Waals surface area (Å²) in [4.78, 5) is 15.8. The van der Waals surface area contributed by atoms with E-state index >= 15 is 0 Å². The van der Waals surface area contributed by atoms with Crippen LogP contribution >= 0.6 is 11.8 Å². The molecule has 0 spiro atoms. The van der Waals surface area contributed by atoms with Gasteiger partial charge in [-0.15, -0.1) is 0 Å². The highest BCUT2D eigenvalue weighted by molar-refractivity contribution is 7.99. The summed E-state index contributed by atoms with van der Waals surface area (Å²) >= 11 is 1.22. The van der Waals surface area contributed by atoms with Crippen LogP contribution in [0, 0.1) is 19.8 Å². The quantitative estimate of drug-likeness (QED) is 0.591. The molecule has 0 bridgehead atoms. The van der Waals surface area contributed by atoms with E-state index in [2.05, 4.69) is 19.9 Å². The number of hydrogen-bond donors (Lipinski definition) is 0. The predicted molar refractivity (Wildman–Crippen MR) is 57.6 cm³/mol. The van der Waals surface area contributed by atoms with Gasteiger partial charge in [0.25, 0.3) is 0 Å². The number of nitrogens with zero attached hydrogens (tertiary/aromatic N) is 4. The molecule has 0 aliphatic heterocycles. The molecule has 0 saturated heterocycles. The molecule has 6 heteroatoms. The van der Waals surface area contributed by atoms with E-state index in [9.17, 15) is 4.39 Å². The van der Waals surface area contributed by atoms with E-state index in [-0.39, 0.29) is 0 Å². The highest BCUT2D eigenvalue weighted by atomic mass is 32.2. The molecule has 0 fully saturated rings. The molecule has 2 rings (SSSR count).